The molecule has 0 unspecified atom stereocenters. The Labute approximate surface area is 342 Å². The molecule has 0 spiro atoms. The van der Waals surface area contributed by atoms with Crippen LogP contribution in [0.3, 0.4) is 0 Å². The van der Waals surface area contributed by atoms with Crippen molar-refractivity contribution in [3.8, 4) is 45.3 Å². The summed E-state index contributed by atoms with van der Waals surface area (Å²) in [5.74, 6) is 1.47. The van der Waals surface area contributed by atoms with Crippen LogP contribution in [0.5, 0.6) is 11.5 Å². The molecule has 0 saturated heterocycles. The fraction of sp³-hybridized carbons (Fsp3) is 0.113. The van der Waals surface area contributed by atoms with Gasteiger partial charge in [0.25, 0.3) is 0 Å². The summed E-state index contributed by atoms with van der Waals surface area (Å²) < 4.78 is 11.3. The van der Waals surface area contributed by atoms with Crippen LogP contribution in [0.15, 0.2) is 140 Å². The Morgan fingerprint density at radius 3 is 1.44 bits per heavy atom. The fourth-order valence-electron chi connectivity index (χ4n) is 9.56. The summed E-state index contributed by atoms with van der Waals surface area (Å²) in [7, 11) is 0. The normalized spacial score (nSPS) is 11.9. The number of rotatable bonds is 5. The molecule has 0 N–H and O–H groups in total. The molecule has 0 aliphatic rings. The largest absolute Gasteiger partial charge is 0.457 e. The molecule has 0 amide bonds. The lowest BCUT2D eigenvalue weighted by Gasteiger charge is -2.16. The number of hydrogen-bond acceptors (Lipinski definition) is 4. The minimum atomic E-state index is 0.728. The number of benzene rings is 6. The topological polar surface area (TPSA) is 56.7 Å². The summed E-state index contributed by atoms with van der Waals surface area (Å²) in [4.78, 5) is 15.7. The van der Waals surface area contributed by atoms with Gasteiger partial charge < -0.3 is 4.74 Å². The number of fused-ring (bicyclic) bond motifs is 12. The maximum absolute atomic E-state index is 6.79. The van der Waals surface area contributed by atoms with Crippen LogP contribution in [0.4, 0.5) is 0 Å². The lowest BCUT2D eigenvalue weighted by atomic mass is 9.98. The van der Waals surface area contributed by atoms with Gasteiger partial charge in [0.05, 0.1) is 35.0 Å². The molecule has 284 valence electrons. The highest BCUT2D eigenvalue weighted by atomic mass is 16.5. The fourth-order valence-corrected chi connectivity index (χ4v) is 9.56. The monoisotopic (exact) mass is 763 g/mol. The molecule has 11 aromatic rings. The van der Waals surface area contributed by atoms with Gasteiger partial charge in [-0.25, -0.2) is 15.0 Å². The first-order valence-corrected chi connectivity index (χ1v) is 20.2. The van der Waals surface area contributed by atoms with Crippen molar-refractivity contribution in [2.45, 2.75) is 41.5 Å². The molecule has 59 heavy (non-hydrogen) atoms. The van der Waals surface area contributed by atoms with E-state index >= 15 is 0 Å². The van der Waals surface area contributed by atoms with E-state index in [-0.39, 0.29) is 0 Å². The van der Waals surface area contributed by atoms with Crippen LogP contribution in [0.2, 0.25) is 0 Å². The van der Waals surface area contributed by atoms with Gasteiger partial charge in [-0.15, -0.1) is 0 Å². The highest BCUT2D eigenvalue weighted by molar-refractivity contribution is 6.14. The Bertz CT molecular complexity index is 3490. The lowest BCUT2D eigenvalue weighted by Crippen LogP contribution is -2.00. The average molecular weight is 764 g/mol. The zero-order valence-corrected chi connectivity index (χ0v) is 33.9. The summed E-state index contributed by atoms with van der Waals surface area (Å²) >= 11 is 0. The summed E-state index contributed by atoms with van der Waals surface area (Å²) in [5.41, 5.74) is 17.6. The van der Waals surface area contributed by atoms with Crippen LogP contribution >= 0.6 is 0 Å². The van der Waals surface area contributed by atoms with E-state index in [0.717, 1.165) is 83.5 Å². The zero-order valence-electron chi connectivity index (χ0n) is 33.9. The van der Waals surface area contributed by atoms with Crippen LogP contribution in [0.25, 0.3) is 88.5 Å². The Kier molecular flexibility index (Phi) is 7.76. The second-order valence-electron chi connectivity index (χ2n) is 16.0. The van der Waals surface area contributed by atoms with Crippen LogP contribution in [0, 0.1) is 41.5 Å². The molecule has 11 rings (SSSR count). The second-order valence-corrected chi connectivity index (χ2v) is 16.0. The number of para-hydroxylation sites is 1. The van der Waals surface area contributed by atoms with Crippen LogP contribution in [-0.2, 0) is 0 Å². The van der Waals surface area contributed by atoms with Gasteiger partial charge in [0.1, 0.15) is 28.4 Å². The zero-order chi connectivity index (χ0) is 40.1. The van der Waals surface area contributed by atoms with Gasteiger partial charge in [-0.2, -0.15) is 0 Å². The van der Waals surface area contributed by atoms with E-state index in [9.17, 15) is 0 Å². The highest BCUT2D eigenvalue weighted by Gasteiger charge is 2.21. The summed E-state index contributed by atoms with van der Waals surface area (Å²) in [5, 5.41) is 6.45. The minimum Gasteiger partial charge on any atom is -0.457 e. The van der Waals surface area contributed by atoms with Gasteiger partial charge in [0.15, 0.2) is 0 Å². The average Bonchev–Trinajstić information content (AvgIpc) is 3.87. The molecule has 0 atom stereocenters. The standard InChI is InChI=1S/C53H41N5O/c1-30-12-9-13-31(2)48(30)44-25-24-41-39-23-21-37(27-43(39)52-55-29-47(58(52)53(41)56-44)50-34(5)16-11-17-35(50)6)59-36-20-22-38-40-18-7-8-19-45(40)57-46(28-54-51(57)42(38)26-36)49-32(3)14-10-15-33(49)4/h7-29H,1-6H3. The quantitative estimate of drug-likeness (QED) is 0.164. The van der Waals surface area contributed by atoms with Crippen molar-refractivity contribution in [2.24, 2.45) is 0 Å². The number of nitrogens with zero attached hydrogens (tertiary/aromatic N) is 5. The van der Waals surface area contributed by atoms with Crippen molar-refractivity contribution in [1.82, 2.24) is 23.8 Å². The van der Waals surface area contributed by atoms with Gasteiger partial charge in [0.2, 0.25) is 0 Å². The molecule has 0 bridgehead atoms. The maximum Gasteiger partial charge on any atom is 0.147 e. The number of pyridine rings is 3. The van der Waals surface area contributed by atoms with E-state index in [1.165, 1.54) is 49.9 Å². The number of imidazole rings is 2. The number of aryl methyl sites for hydroxylation is 6. The molecule has 6 aromatic carbocycles. The maximum atomic E-state index is 6.79. The third kappa shape index (κ3) is 5.29. The Morgan fingerprint density at radius 1 is 0.390 bits per heavy atom. The summed E-state index contributed by atoms with van der Waals surface area (Å²) in [6, 6.07) is 45.0. The first-order chi connectivity index (χ1) is 28.7. The number of hydrogen-bond donors (Lipinski definition) is 0. The van der Waals surface area contributed by atoms with Gasteiger partial charge >= 0.3 is 0 Å². The van der Waals surface area contributed by atoms with E-state index in [0.29, 0.717) is 0 Å². The highest BCUT2D eigenvalue weighted by Crippen LogP contribution is 2.40. The van der Waals surface area contributed by atoms with E-state index in [1.807, 2.05) is 12.4 Å². The number of ether oxygens (including phenoxy) is 1. The van der Waals surface area contributed by atoms with Crippen molar-refractivity contribution in [3.05, 3.63) is 173 Å². The third-order valence-corrected chi connectivity index (χ3v) is 12.2. The SMILES string of the molecule is Cc1cccc(C)c1-c1ccc2c3ccc(Oc4ccc5c6ccccc6n6c(-c7c(C)cccc7C)cnc6c5c4)cc3c3ncc(-c4c(C)cccc4C)n3c2n1. The molecule has 6 heteroatoms. The number of aromatic nitrogens is 5. The van der Waals surface area contributed by atoms with E-state index in [2.05, 4.69) is 178 Å². The van der Waals surface area contributed by atoms with E-state index in [1.54, 1.807) is 0 Å². The predicted octanol–water partition coefficient (Wildman–Crippen LogP) is 13.6. The van der Waals surface area contributed by atoms with Gasteiger partial charge in [-0.05, 0) is 140 Å². The van der Waals surface area contributed by atoms with Crippen molar-refractivity contribution in [1.29, 1.82) is 0 Å². The van der Waals surface area contributed by atoms with E-state index < -0.39 is 0 Å². The molecule has 0 aliphatic carbocycles. The smallest absolute Gasteiger partial charge is 0.147 e. The van der Waals surface area contributed by atoms with Crippen LogP contribution in [-0.4, -0.2) is 23.8 Å². The van der Waals surface area contributed by atoms with Crippen molar-refractivity contribution in [3.63, 3.8) is 0 Å². The van der Waals surface area contributed by atoms with E-state index in [4.69, 9.17) is 19.7 Å². The first-order valence-electron chi connectivity index (χ1n) is 20.2. The van der Waals surface area contributed by atoms with Crippen molar-refractivity contribution < 1.29 is 4.74 Å². The van der Waals surface area contributed by atoms with Crippen LogP contribution < -0.4 is 4.74 Å². The third-order valence-electron chi connectivity index (χ3n) is 12.2. The molecule has 6 nitrogen and oxygen atoms in total. The molecular formula is C53H41N5O. The Morgan fingerprint density at radius 2 is 0.864 bits per heavy atom. The summed E-state index contributed by atoms with van der Waals surface area (Å²) in [6.07, 6.45) is 4.01. The lowest BCUT2D eigenvalue weighted by molar-refractivity contribution is 0.484. The molecule has 5 heterocycles. The molecule has 0 fully saturated rings. The molecule has 5 aromatic heterocycles. The first kappa shape index (κ1) is 34.9. The summed E-state index contributed by atoms with van der Waals surface area (Å²) in [6.45, 7) is 13.0. The van der Waals surface area contributed by atoms with Gasteiger partial charge in [-0.3, -0.25) is 8.80 Å². The van der Waals surface area contributed by atoms with Crippen LogP contribution in [0.1, 0.15) is 33.4 Å². The molecular weight excluding hydrogens is 723 g/mol. The predicted molar refractivity (Wildman–Crippen MR) is 243 cm³/mol. The van der Waals surface area contributed by atoms with Gasteiger partial charge in [-0.1, -0.05) is 72.8 Å². The Hall–Kier alpha value is -7.31. The van der Waals surface area contributed by atoms with Crippen molar-refractivity contribution in [2.75, 3.05) is 0 Å². The minimum absolute atomic E-state index is 0.728. The molecule has 0 radical (unpaired) electrons. The molecule has 0 aliphatic heterocycles. The Balaban J connectivity index is 1.10. The van der Waals surface area contributed by atoms with Crippen molar-refractivity contribution >= 4 is 54.8 Å². The molecule has 0 saturated carbocycles. The second kappa shape index (κ2) is 13.1. The van der Waals surface area contributed by atoms with Gasteiger partial charge in [0, 0.05) is 38.2 Å².